The average Bonchev–Trinajstić information content (AvgIpc) is 2.92. The fourth-order valence-electron chi connectivity index (χ4n) is 2.09. The highest BCUT2D eigenvalue weighted by molar-refractivity contribution is 6.30. The number of aryl methyl sites for hydroxylation is 2. The summed E-state index contributed by atoms with van der Waals surface area (Å²) >= 11 is 5.97. The third kappa shape index (κ3) is 5.41. The van der Waals surface area contributed by atoms with E-state index in [1.165, 1.54) is 5.56 Å². The van der Waals surface area contributed by atoms with Gasteiger partial charge in [0.2, 0.25) is 0 Å². The van der Waals surface area contributed by atoms with Gasteiger partial charge in [-0.15, -0.1) is 0 Å². The van der Waals surface area contributed by atoms with Crippen LogP contribution in [-0.2, 0) is 13.1 Å². The van der Waals surface area contributed by atoms with Gasteiger partial charge in [-0.25, -0.2) is 0 Å². The van der Waals surface area contributed by atoms with Crippen molar-refractivity contribution in [1.29, 1.82) is 0 Å². The van der Waals surface area contributed by atoms with Crippen molar-refractivity contribution in [1.82, 2.24) is 20.4 Å². The highest BCUT2D eigenvalue weighted by atomic mass is 35.5. The number of aromatic nitrogens is 2. The van der Waals surface area contributed by atoms with Gasteiger partial charge in [-0.3, -0.25) is 9.67 Å². The predicted molar refractivity (Wildman–Crippen MR) is 91.2 cm³/mol. The Labute approximate surface area is 136 Å². The van der Waals surface area contributed by atoms with Gasteiger partial charge in [0, 0.05) is 37.9 Å². The van der Waals surface area contributed by atoms with Crippen molar-refractivity contribution in [3.05, 3.63) is 52.8 Å². The largest absolute Gasteiger partial charge is 0.356 e. The normalized spacial score (nSPS) is 11.5. The van der Waals surface area contributed by atoms with E-state index in [-0.39, 0.29) is 0 Å². The maximum atomic E-state index is 5.97. The van der Waals surface area contributed by atoms with Crippen LogP contribution in [0.5, 0.6) is 0 Å². The Hall–Kier alpha value is -2.01. The minimum Gasteiger partial charge on any atom is -0.356 e. The second-order valence-corrected chi connectivity index (χ2v) is 5.55. The fraction of sp³-hybridized carbons (Fsp3) is 0.375. The number of rotatable bonds is 6. The third-order valence-corrected chi connectivity index (χ3v) is 3.43. The van der Waals surface area contributed by atoms with Crippen LogP contribution < -0.4 is 10.6 Å². The molecule has 0 saturated heterocycles. The summed E-state index contributed by atoms with van der Waals surface area (Å²) in [6, 6.07) is 7.80. The van der Waals surface area contributed by atoms with E-state index >= 15 is 0 Å². The summed E-state index contributed by atoms with van der Waals surface area (Å²) in [5, 5.41) is 11.6. The Morgan fingerprint density at radius 1 is 1.36 bits per heavy atom. The summed E-state index contributed by atoms with van der Waals surface area (Å²) in [5.41, 5.74) is 2.31. The molecule has 0 radical (unpaired) electrons. The van der Waals surface area contributed by atoms with E-state index in [1.807, 2.05) is 48.3 Å². The van der Waals surface area contributed by atoms with E-state index in [1.54, 1.807) is 7.05 Å². The lowest BCUT2D eigenvalue weighted by atomic mass is 10.2. The van der Waals surface area contributed by atoms with Crippen LogP contribution in [0.2, 0.25) is 5.02 Å². The van der Waals surface area contributed by atoms with Gasteiger partial charge in [0.05, 0.1) is 6.20 Å². The van der Waals surface area contributed by atoms with Crippen molar-refractivity contribution in [2.75, 3.05) is 13.6 Å². The molecule has 5 nitrogen and oxygen atoms in total. The lowest BCUT2D eigenvalue weighted by Gasteiger charge is -2.12. The molecule has 22 heavy (non-hydrogen) atoms. The van der Waals surface area contributed by atoms with Crippen LogP contribution in [0, 0.1) is 6.92 Å². The summed E-state index contributed by atoms with van der Waals surface area (Å²) in [5.74, 6) is 0.789. The number of hydrogen-bond donors (Lipinski definition) is 2. The van der Waals surface area contributed by atoms with Crippen LogP contribution in [-0.4, -0.2) is 29.3 Å². The van der Waals surface area contributed by atoms with Crippen LogP contribution in [0.1, 0.15) is 17.5 Å². The van der Waals surface area contributed by atoms with E-state index in [0.29, 0.717) is 6.54 Å². The van der Waals surface area contributed by atoms with Crippen molar-refractivity contribution in [2.45, 2.75) is 26.4 Å². The lowest BCUT2D eigenvalue weighted by molar-refractivity contribution is 0.570. The molecule has 0 unspecified atom stereocenters. The van der Waals surface area contributed by atoms with Gasteiger partial charge < -0.3 is 10.6 Å². The highest BCUT2D eigenvalue weighted by Crippen LogP contribution is 2.10. The van der Waals surface area contributed by atoms with Gasteiger partial charge in [-0.2, -0.15) is 5.10 Å². The molecule has 6 heteroatoms. The van der Waals surface area contributed by atoms with Crippen LogP contribution in [0.15, 0.2) is 41.7 Å². The zero-order valence-corrected chi connectivity index (χ0v) is 13.8. The number of halogens is 1. The van der Waals surface area contributed by atoms with Crippen LogP contribution in [0.25, 0.3) is 0 Å². The van der Waals surface area contributed by atoms with E-state index in [0.717, 1.165) is 36.1 Å². The molecular formula is C16H22ClN5. The number of aliphatic imine (C=N–C) groups is 1. The van der Waals surface area contributed by atoms with Gasteiger partial charge in [-0.1, -0.05) is 23.7 Å². The maximum absolute atomic E-state index is 5.97. The van der Waals surface area contributed by atoms with Crippen molar-refractivity contribution >= 4 is 17.6 Å². The van der Waals surface area contributed by atoms with E-state index < -0.39 is 0 Å². The van der Waals surface area contributed by atoms with E-state index in [2.05, 4.69) is 20.7 Å². The minimum atomic E-state index is 0.693. The Balaban J connectivity index is 1.69. The summed E-state index contributed by atoms with van der Waals surface area (Å²) in [6.07, 6.45) is 4.91. The standard InChI is InChI=1S/C16H22ClN5/c1-13-10-21-22(12-13)8-4-7-19-16(18-2)20-11-14-5-3-6-15(17)9-14/h3,5-6,9-10,12H,4,7-8,11H2,1-2H3,(H2,18,19,20). The molecule has 0 aliphatic rings. The van der Waals surface area contributed by atoms with Crippen LogP contribution in [0.3, 0.4) is 0 Å². The van der Waals surface area contributed by atoms with Crippen molar-refractivity contribution in [3.8, 4) is 0 Å². The quantitative estimate of drug-likeness (QED) is 0.489. The topological polar surface area (TPSA) is 54.2 Å². The molecule has 2 aromatic rings. The first-order valence-electron chi connectivity index (χ1n) is 7.35. The molecule has 1 heterocycles. The molecule has 0 spiro atoms. The summed E-state index contributed by atoms with van der Waals surface area (Å²) in [4.78, 5) is 4.21. The monoisotopic (exact) mass is 319 g/mol. The Morgan fingerprint density at radius 3 is 2.91 bits per heavy atom. The van der Waals surface area contributed by atoms with Crippen LogP contribution >= 0.6 is 11.6 Å². The zero-order valence-electron chi connectivity index (χ0n) is 13.0. The Morgan fingerprint density at radius 2 is 2.23 bits per heavy atom. The minimum absolute atomic E-state index is 0.693. The van der Waals surface area contributed by atoms with Crippen molar-refractivity contribution in [2.24, 2.45) is 4.99 Å². The molecule has 2 N–H and O–H groups in total. The Kier molecular flexibility index (Phi) is 6.27. The van der Waals surface area contributed by atoms with Crippen LogP contribution in [0.4, 0.5) is 0 Å². The van der Waals surface area contributed by atoms with Gasteiger partial charge in [-0.05, 0) is 36.6 Å². The second kappa shape index (κ2) is 8.44. The van der Waals surface area contributed by atoms with Crippen molar-refractivity contribution in [3.63, 3.8) is 0 Å². The van der Waals surface area contributed by atoms with E-state index in [9.17, 15) is 0 Å². The first-order valence-corrected chi connectivity index (χ1v) is 7.73. The smallest absolute Gasteiger partial charge is 0.191 e. The molecule has 2 rings (SSSR count). The van der Waals surface area contributed by atoms with Gasteiger partial charge in [0.25, 0.3) is 0 Å². The maximum Gasteiger partial charge on any atom is 0.191 e. The lowest BCUT2D eigenvalue weighted by Crippen LogP contribution is -2.37. The molecule has 0 aliphatic heterocycles. The fourth-order valence-corrected chi connectivity index (χ4v) is 2.30. The Bertz CT molecular complexity index is 621. The van der Waals surface area contributed by atoms with Gasteiger partial charge in [0.1, 0.15) is 0 Å². The molecule has 0 aliphatic carbocycles. The first kappa shape index (κ1) is 16.4. The summed E-state index contributed by atoms with van der Waals surface area (Å²) in [7, 11) is 1.77. The first-order chi connectivity index (χ1) is 10.7. The molecule has 0 saturated carbocycles. The molecule has 0 bridgehead atoms. The molecule has 1 aromatic heterocycles. The molecule has 118 valence electrons. The number of guanidine groups is 1. The zero-order chi connectivity index (χ0) is 15.8. The molecule has 0 fully saturated rings. The number of nitrogens with zero attached hydrogens (tertiary/aromatic N) is 3. The molecule has 0 atom stereocenters. The summed E-state index contributed by atoms with van der Waals surface area (Å²) < 4.78 is 1.96. The molecule has 1 aromatic carbocycles. The van der Waals surface area contributed by atoms with Gasteiger partial charge in [0.15, 0.2) is 5.96 Å². The SMILES string of the molecule is CN=C(NCCCn1cc(C)cn1)NCc1cccc(Cl)c1. The van der Waals surface area contributed by atoms with E-state index in [4.69, 9.17) is 11.6 Å². The third-order valence-electron chi connectivity index (χ3n) is 3.19. The average molecular weight is 320 g/mol. The van der Waals surface area contributed by atoms with Crippen molar-refractivity contribution < 1.29 is 0 Å². The number of nitrogens with one attached hydrogen (secondary N) is 2. The highest BCUT2D eigenvalue weighted by Gasteiger charge is 1.99. The molecular weight excluding hydrogens is 298 g/mol. The summed E-state index contributed by atoms with van der Waals surface area (Å²) in [6.45, 7) is 4.47. The number of benzene rings is 1. The second-order valence-electron chi connectivity index (χ2n) is 5.12. The molecule has 0 amide bonds. The number of hydrogen-bond acceptors (Lipinski definition) is 2. The predicted octanol–water partition coefficient (Wildman–Crippen LogP) is 2.60. The van der Waals surface area contributed by atoms with Gasteiger partial charge >= 0.3 is 0 Å².